The second-order valence-electron chi connectivity index (χ2n) is 33.9. The Morgan fingerprint density at radius 2 is 0.713 bits per heavy atom. The second kappa shape index (κ2) is 54.6. The van der Waals surface area contributed by atoms with Gasteiger partial charge in [-0.25, -0.2) is 19.2 Å². The van der Waals surface area contributed by atoms with Crippen LogP contribution in [0.15, 0.2) is 218 Å². The van der Waals surface area contributed by atoms with E-state index in [2.05, 4.69) is 100 Å². The lowest BCUT2D eigenvalue weighted by atomic mass is 9.50. The van der Waals surface area contributed by atoms with Gasteiger partial charge in [-0.1, -0.05) is 189 Å². The zero-order valence-electron chi connectivity index (χ0n) is 78.4. The Morgan fingerprint density at radius 3 is 1.11 bits per heavy atom. The first-order chi connectivity index (χ1) is 64.3. The molecule has 0 aliphatic heterocycles. The summed E-state index contributed by atoms with van der Waals surface area (Å²) in [5.41, 5.74) is 15.8. The summed E-state index contributed by atoms with van der Waals surface area (Å²) in [5.74, 6) is 0.362. The first-order valence-corrected chi connectivity index (χ1v) is 47.2. The zero-order chi connectivity index (χ0) is 100. The molecule has 0 fully saturated rings. The molecule has 0 spiro atoms. The molecule has 40 heteroatoms. The van der Waals surface area contributed by atoms with Crippen molar-refractivity contribution in [2.75, 3.05) is 103 Å². The van der Waals surface area contributed by atoms with Crippen LogP contribution in [0.2, 0.25) is 0 Å². The zero-order valence-corrected chi connectivity index (χ0v) is 86.4. The van der Waals surface area contributed by atoms with Gasteiger partial charge in [-0.05, 0) is 223 Å². The van der Waals surface area contributed by atoms with Crippen LogP contribution >= 0.6 is 79.6 Å². The molecule has 14 aromatic rings. The van der Waals surface area contributed by atoms with Crippen LogP contribution in [0.5, 0.6) is 0 Å². The first-order valence-electron chi connectivity index (χ1n) is 42.9. The highest BCUT2D eigenvalue weighted by Crippen LogP contribution is 2.36. The number of ether oxygens (including phenoxy) is 10. The number of nitrogens with zero attached hydrogens (tertiary/aromatic N) is 5. The van der Waals surface area contributed by atoms with E-state index in [1.54, 1.807) is 136 Å². The fourth-order valence-corrected chi connectivity index (χ4v) is 14.6. The van der Waals surface area contributed by atoms with Crippen LogP contribution in [-0.2, 0) is 60.5 Å². The summed E-state index contributed by atoms with van der Waals surface area (Å²) in [7, 11) is -2.25. The van der Waals surface area contributed by atoms with Crippen LogP contribution in [0, 0.1) is 0 Å². The van der Waals surface area contributed by atoms with Crippen LogP contribution in [0.1, 0.15) is 125 Å². The second-order valence-corrected chi connectivity index (χ2v) is 38.3. The largest absolute Gasteiger partial charge is 0.489 e. The molecule has 31 nitrogen and oxygen atoms in total. The predicted octanol–water partition coefficient (Wildman–Crippen LogP) is 15.8. The standard InChI is InChI=1S/C27H30BrN3O4.2C15H17BO4.C15H15BrO2.C12H16BrN3O2.C7H6BrN3.C5H11BrO2.B2H4O4/c1-27(2,3)35-26(32)21-11-12-23(20-8-6-5-7-19(20)21)29-25-22-10-9-18(28)17-24(22)31(30-25)13-14-34-16-15-33-4;2*1-15(2,3)20-14(17)12-8-9-13(16(18)19)11-7-5-4-6-10(11)12;1-15(2,3)18-14(17)12-8-9-13(16)11-7-5-4-6-10(11)12;1-17-6-7-18-5-4-16-11-8-9(13)2-3-10(11)12(14)15-16;8-4-1-2-5-6(3-4)10-11-7(5)9;1-7-4-5-8-3-2-6;3-1(4)2(5)6/h5-12,17H,13-16H2,1-4H3,(H,29,30);2*4-9,18-19H,1-3H3;4-9H,1-3H3;2-3,8H,4-7H2,1H3,(H2,14,15);1-3H,(H3,9,10,11);2-5H2,1H3;3-6H. The summed E-state index contributed by atoms with van der Waals surface area (Å²) in [5, 5.41) is 97.6. The average molecular weight is 2190 g/mol. The number of anilines is 4. The van der Waals surface area contributed by atoms with Gasteiger partial charge < -0.3 is 104 Å². The molecule has 0 saturated carbocycles. The van der Waals surface area contributed by atoms with Gasteiger partial charge in [-0.3, -0.25) is 14.5 Å². The van der Waals surface area contributed by atoms with E-state index in [0.717, 1.165) is 95.6 Å². The number of carbonyl (C=O) groups excluding carboxylic acids is 4. The van der Waals surface area contributed by atoms with Gasteiger partial charge in [0.2, 0.25) is 0 Å². The van der Waals surface area contributed by atoms with Crippen LogP contribution in [0.4, 0.5) is 23.1 Å². The minimum atomic E-state index is -2.04. The molecule has 0 radical (unpaired) electrons. The topological polar surface area (TPSA) is 451 Å². The molecule has 0 amide bonds. The van der Waals surface area contributed by atoms with Gasteiger partial charge in [0.05, 0.1) is 111 Å². The molecule has 14 rings (SSSR count). The van der Waals surface area contributed by atoms with Crippen LogP contribution in [-0.4, -0.2) is 231 Å². The van der Waals surface area contributed by atoms with Crippen molar-refractivity contribution in [2.24, 2.45) is 0 Å². The molecular weight excluding hydrogens is 2070 g/mol. The van der Waals surface area contributed by atoms with Crippen molar-refractivity contribution < 1.29 is 107 Å². The maximum atomic E-state index is 12.8. The van der Waals surface area contributed by atoms with E-state index in [1.165, 1.54) is 12.1 Å². The molecule has 0 aliphatic carbocycles. The number of benzene rings is 11. The number of nitrogens with one attached hydrogen (secondary N) is 2. The van der Waals surface area contributed by atoms with Crippen molar-refractivity contribution >= 4 is 242 Å². The summed E-state index contributed by atoms with van der Waals surface area (Å²) in [4.78, 5) is 49.4. The van der Waals surface area contributed by atoms with Crippen molar-refractivity contribution in [1.82, 2.24) is 29.8 Å². The van der Waals surface area contributed by atoms with Crippen molar-refractivity contribution in [3.63, 3.8) is 0 Å². The highest BCUT2D eigenvalue weighted by Gasteiger charge is 2.28. The summed E-state index contributed by atoms with van der Waals surface area (Å²) in [6.07, 6.45) is 0. The third-order valence-corrected chi connectivity index (χ3v) is 21.2. The molecule has 11 aromatic carbocycles. The minimum absolute atomic E-state index is 0.286. The van der Waals surface area contributed by atoms with Gasteiger partial charge in [0.25, 0.3) is 0 Å². The Labute approximate surface area is 833 Å². The lowest BCUT2D eigenvalue weighted by Gasteiger charge is -2.20. The number of carbonyl (C=O) groups is 4. The molecule has 724 valence electrons. The Hall–Kier alpha value is -9.75. The smallest absolute Gasteiger partial charge is 0.456 e. The van der Waals surface area contributed by atoms with Gasteiger partial charge in [0, 0.05) is 71.8 Å². The van der Waals surface area contributed by atoms with Gasteiger partial charge in [-0.2, -0.15) is 15.3 Å². The molecule has 3 aromatic heterocycles. The summed E-state index contributed by atoms with van der Waals surface area (Å²) < 4.78 is 60.4. The molecule has 3 heterocycles. The lowest BCUT2D eigenvalue weighted by molar-refractivity contribution is 0.00592. The number of methoxy groups -OCH3 is 3. The predicted molar refractivity (Wildman–Crippen MR) is 557 cm³/mol. The Kier molecular flexibility index (Phi) is 45.4. The molecule has 0 saturated heterocycles. The normalized spacial score (nSPS) is 11.2. The molecule has 136 heavy (non-hydrogen) atoms. The van der Waals surface area contributed by atoms with E-state index < -0.39 is 62.6 Å². The number of esters is 4. The van der Waals surface area contributed by atoms with Gasteiger partial charge in [-0.15, -0.1) is 0 Å². The van der Waals surface area contributed by atoms with Crippen molar-refractivity contribution in [3.8, 4) is 0 Å². The summed E-state index contributed by atoms with van der Waals surface area (Å²) in [6, 6.07) is 61.2. The third kappa shape index (κ3) is 35.9. The highest BCUT2D eigenvalue weighted by atomic mass is 79.9. The molecule has 0 aliphatic rings. The third-order valence-electron chi connectivity index (χ3n) is 18.7. The Morgan fingerprint density at radius 1 is 0.375 bits per heavy atom. The van der Waals surface area contributed by atoms with Crippen LogP contribution in [0.3, 0.4) is 0 Å². The van der Waals surface area contributed by atoms with Crippen molar-refractivity contribution in [2.45, 2.75) is 119 Å². The van der Waals surface area contributed by atoms with Gasteiger partial charge in [0.15, 0.2) is 17.5 Å². The summed E-state index contributed by atoms with van der Waals surface area (Å²) in [6.45, 7) is 28.9. The SMILES string of the molecule is CC(C)(C)OC(=O)c1ccc(B(O)O)c2ccccc12.CC(C)(C)OC(=O)c1ccc(B(O)O)c2ccccc12.CC(C)(C)OC(=O)c1ccc(Br)c2ccccc12.COCCOCCBr.COCCOCCn1nc(N)c2ccc(Br)cc21.COCCOCCn1nc(Nc2ccc(C(=O)OC(C)(C)C)c3ccccc23)c2ccc(Br)cc21.Nc1n[nH]c2cc(Br)ccc12.OB(O)B(O)O. The highest BCUT2D eigenvalue weighted by molar-refractivity contribution is 9.11. The fraction of sp³-hybridized carbons (Fsp3) is 0.323. The molecule has 0 bridgehead atoms. The number of nitrogens with two attached hydrogens (primary N) is 2. The van der Waals surface area contributed by atoms with Crippen LogP contribution < -0.4 is 27.7 Å². The van der Waals surface area contributed by atoms with E-state index in [1.807, 2.05) is 166 Å². The van der Waals surface area contributed by atoms with Gasteiger partial charge >= 0.3 is 52.1 Å². The number of rotatable bonds is 26. The number of H-pyrrole nitrogens is 1. The monoisotopic (exact) mass is 2190 g/mol. The first kappa shape index (κ1) is 113. The van der Waals surface area contributed by atoms with E-state index in [0.29, 0.717) is 132 Å². The summed E-state index contributed by atoms with van der Waals surface area (Å²) >= 11 is 17.1. The number of aromatic amines is 1. The minimum Gasteiger partial charge on any atom is -0.456 e. The van der Waals surface area contributed by atoms with Crippen molar-refractivity contribution in [1.29, 1.82) is 0 Å². The van der Waals surface area contributed by atoms with E-state index in [4.69, 9.17) is 84.0 Å². The van der Waals surface area contributed by atoms with Crippen molar-refractivity contribution in [3.05, 3.63) is 240 Å². The quantitative estimate of drug-likeness (QED) is 0.00787. The Bertz CT molecular complexity index is 6120. The number of nitrogen functional groups attached to an aromatic ring is 2. The maximum absolute atomic E-state index is 12.8. The number of hydrogen-bond acceptors (Lipinski definition) is 28. The lowest BCUT2D eigenvalue weighted by Crippen LogP contribution is -2.35. The van der Waals surface area contributed by atoms with E-state index in [-0.39, 0.29) is 11.9 Å². The Balaban J connectivity index is 0.000000222. The van der Waals surface area contributed by atoms with E-state index >= 15 is 0 Å². The van der Waals surface area contributed by atoms with E-state index in [9.17, 15) is 39.3 Å². The average Bonchev–Trinajstić information content (AvgIpc) is 1.65. The number of fused-ring (bicyclic) bond motifs is 7. The fourth-order valence-electron chi connectivity index (χ4n) is 12.8. The number of hydrogen-bond donors (Lipinski definition) is 12. The number of aromatic nitrogens is 6. The number of alkyl halides is 1. The van der Waals surface area contributed by atoms with Gasteiger partial charge in [0.1, 0.15) is 22.4 Å². The molecule has 0 unspecified atom stereocenters. The maximum Gasteiger partial charge on any atom is 0.489 e. The number of halogens is 5. The van der Waals surface area contributed by atoms with Crippen LogP contribution in [0.25, 0.3) is 75.8 Å². The molecule has 0 atom stereocenters. The molecule has 14 N–H and O–H groups in total. The molecular formula is C96H116B4Br5N9O22.